The van der Waals surface area contributed by atoms with Crippen LogP contribution in [0, 0.1) is 11.7 Å². The summed E-state index contributed by atoms with van der Waals surface area (Å²) in [5.74, 6) is 0.307. The van der Waals surface area contributed by atoms with Crippen molar-refractivity contribution in [1.82, 2.24) is 19.8 Å². The molecule has 1 aromatic carbocycles. The number of likely N-dealkylation sites (tertiary alicyclic amines) is 1. The zero-order chi connectivity index (χ0) is 21.5. The molecule has 162 valence electrons. The van der Waals surface area contributed by atoms with E-state index in [0.29, 0.717) is 61.7 Å². The molecule has 1 aromatic heterocycles. The van der Waals surface area contributed by atoms with E-state index in [1.165, 1.54) is 6.07 Å². The molecule has 2 aromatic rings. The third kappa shape index (κ3) is 3.98. The van der Waals surface area contributed by atoms with Crippen molar-refractivity contribution >= 4 is 11.8 Å². The van der Waals surface area contributed by atoms with Crippen LogP contribution in [0.2, 0.25) is 0 Å². The predicted octanol–water partition coefficient (Wildman–Crippen LogP) is 1.76. The first-order valence-corrected chi connectivity index (χ1v) is 10.9. The topological polar surface area (TPSA) is 86.4 Å². The molecule has 3 aliphatic rings. The minimum Gasteiger partial charge on any atom is -0.342 e. The molecule has 1 N–H and O–H groups in total. The summed E-state index contributed by atoms with van der Waals surface area (Å²) in [6.45, 7) is 1.93. The highest BCUT2D eigenvalue weighted by atomic mass is 19.1. The van der Waals surface area contributed by atoms with Gasteiger partial charge in [-0.1, -0.05) is 18.2 Å². The molecule has 31 heavy (non-hydrogen) atoms. The Morgan fingerprint density at radius 1 is 1.13 bits per heavy atom. The van der Waals surface area contributed by atoms with Crippen molar-refractivity contribution in [1.29, 1.82) is 0 Å². The maximum absolute atomic E-state index is 13.9. The molecule has 5 rings (SSSR count). The molecule has 7 nitrogen and oxygen atoms in total. The molecular weight excluding hydrogens is 399 g/mol. The predicted molar refractivity (Wildman–Crippen MR) is 111 cm³/mol. The zero-order valence-corrected chi connectivity index (χ0v) is 17.3. The molecule has 3 heterocycles. The molecule has 2 amide bonds. The Labute approximate surface area is 179 Å². The molecular formula is C23H25FN4O3. The summed E-state index contributed by atoms with van der Waals surface area (Å²) in [6, 6.07) is 6.30. The van der Waals surface area contributed by atoms with Crippen LogP contribution in [0.4, 0.5) is 4.39 Å². The number of hydrogen-bond donors (Lipinski definition) is 1. The van der Waals surface area contributed by atoms with Gasteiger partial charge in [-0.05, 0) is 37.3 Å². The van der Waals surface area contributed by atoms with E-state index in [1.807, 2.05) is 4.90 Å². The number of amides is 2. The lowest BCUT2D eigenvalue weighted by Crippen LogP contribution is -2.40. The summed E-state index contributed by atoms with van der Waals surface area (Å²) >= 11 is 0. The van der Waals surface area contributed by atoms with Crippen LogP contribution in [0.5, 0.6) is 0 Å². The smallest absolute Gasteiger partial charge is 0.254 e. The van der Waals surface area contributed by atoms with Gasteiger partial charge in [-0.25, -0.2) is 9.37 Å². The first-order chi connectivity index (χ1) is 15.0. The number of fused-ring (bicyclic) bond motifs is 1. The van der Waals surface area contributed by atoms with Gasteiger partial charge in [0, 0.05) is 37.0 Å². The van der Waals surface area contributed by atoms with Crippen molar-refractivity contribution in [2.24, 2.45) is 5.92 Å². The van der Waals surface area contributed by atoms with Crippen LogP contribution in [0.1, 0.15) is 47.8 Å². The van der Waals surface area contributed by atoms with Gasteiger partial charge in [-0.3, -0.25) is 14.4 Å². The fraction of sp³-hybridized carbons (Fsp3) is 0.478. The Morgan fingerprint density at radius 2 is 1.94 bits per heavy atom. The van der Waals surface area contributed by atoms with Crippen LogP contribution in [0.15, 0.2) is 29.1 Å². The number of H-pyrrole nitrogens is 1. The van der Waals surface area contributed by atoms with E-state index in [9.17, 15) is 18.8 Å². The van der Waals surface area contributed by atoms with Gasteiger partial charge in [-0.2, -0.15) is 0 Å². The highest BCUT2D eigenvalue weighted by Gasteiger charge is 2.36. The van der Waals surface area contributed by atoms with Gasteiger partial charge in [0.05, 0.1) is 18.7 Å². The molecule has 8 heteroatoms. The van der Waals surface area contributed by atoms with Crippen molar-refractivity contribution in [3.63, 3.8) is 0 Å². The number of carbonyl (C=O) groups is 2. The molecule has 0 spiro atoms. The molecule has 1 atom stereocenters. The monoisotopic (exact) mass is 424 g/mol. The Kier molecular flexibility index (Phi) is 5.08. The van der Waals surface area contributed by atoms with Gasteiger partial charge >= 0.3 is 0 Å². The average molecular weight is 424 g/mol. The lowest BCUT2D eigenvalue weighted by Gasteiger charge is -2.28. The van der Waals surface area contributed by atoms with Crippen LogP contribution < -0.4 is 5.56 Å². The number of benzene rings is 1. The first kappa shape index (κ1) is 19.9. The van der Waals surface area contributed by atoms with E-state index in [-0.39, 0.29) is 41.4 Å². The van der Waals surface area contributed by atoms with E-state index >= 15 is 0 Å². The van der Waals surface area contributed by atoms with E-state index in [0.717, 1.165) is 12.8 Å². The summed E-state index contributed by atoms with van der Waals surface area (Å²) in [6.07, 6.45) is 3.14. The SMILES string of the molecule is O=C(Cc1ccccc1F)N1CC[C@H](c2nc3c(c(=O)[nH]2)CCN(C(=O)C2CC2)C3)C1. The first-order valence-electron chi connectivity index (χ1n) is 10.9. The van der Waals surface area contributed by atoms with E-state index in [1.54, 1.807) is 23.1 Å². The Bertz CT molecular complexity index is 1090. The highest BCUT2D eigenvalue weighted by molar-refractivity contribution is 5.81. The van der Waals surface area contributed by atoms with Gasteiger partial charge in [0.25, 0.3) is 5.56 Å². The average Bonchev–Trinajstić information content (AvgIpc) is 3.50. The third-order valence-electron chi connectivity index (χ3n) is 6.56. The number of nitrogens with one attached hydrogen (secondary N) is 1. The maximum Gasteiger partial charge on any atom is 0.254 e. The lowest BCUT2D eigenvalue weighted by atomic mass is 10.0. The molecule has 2 fully saturated rings. The minimum atomic E-state index is -0.377. The molecule has 1 saturated carbocycles. The summed E-state index contributed by atoms with van der Waals surface area (Å²) in [5, 5.41) is 0. The normalized spacial score (nSPS) is 20.6. The van der Waals surface area contributed by atoms with Gasteiger partial charge < -0.3 is 14.8 Å². The summed E-state index contributed by atoms with van der Waals surface area (Å²) in [5.41, 5.74) is 1.58. The fourth-order valence-corrected chi connectivity index (χ4v) is 4.56. The van der Waals surface area contributed by atoms with Crippen molar-refractivity contribution in [3.8, 4) is 0 Å². The highest BCUT2D eigenvalue weighted by Crippen LogP contribution is 2.32. The van der Waals surface area contributed by atoms with Crippen molar-refractivity contribution < 1.29 is 14.0 Å². The van der Waals surface area contributed by atoms with Crippen molar-refractivity contribution in [2.75, 3.05) is 19.6 Å². The van der Waals surface area contributed by atoms with Gasteiger partial charge in [0.15, 0.2) is 0 Å². The molecule has 1 saturated heterocycles. The maximum atomic E-state index is 13.9. The summed E-state index contributed by atoms with van der Waals surface area (Å²) in [4.78, 5) is 48.9. The van der Waals surface area contributed by atoms with Gasteiger partial charge in [0.1, 0.15) is 11.6 Å². The van der Waals surface area contributed by atoms with Crippen LogP contribution in [-0.2, 0) is 29.0 Å². The number of carbonyl (C=O) groups excluding carboxylic acids is 2. The molecule has 0 radical (unpaired) electrons. The second-order valence-electron chi connectivity index (χ2n) is 8.75. The minimum absolute atomic E-state index is 0.0196. The summed E-state index contributed by atoms with van der Waals surface area (Å²) in [7, 11) is 0. The number of rotatable bonds is 4. The second-order valence-corrected chi connectivity index (χ2v) is 8.75. The van der Waals surface area contributed by atoms with Gasteiger partial charge in [-0.15, -0.1) is 0 Å². The standard InChI is InChI=1S/C23H25FN4O3/c24-18-4-2-1-3-15(18)11-20(29)27-9-7-16(12-27)21-25-19-13-28(23(31)14-5-6-14)10-8-17(19)22(30)26-21/h1-4,14,16H,5-13H2,(H,25,26,30)/t16-/m0/s1. The van der Waals surface area contributed by atoms with Crippen molar-refractivity contribution in [3.05, 3.63) is 63.1 Å². The molecule has 0 bridgehead atoms. The van der Waals surface area contributed by atoms with E-state index in [4.69, 9.17) is 4.98 Å². The second kappa shape index (κ2) is 7.90. The van der Waals surface area contributed by atoms with Crippen LogP contribution in [0.3, 0.4) is 0 Å². The van der Waals surface area contributed by atoms with Crippen LogP contribution >= 0.6 is 0 Å². The zero-order valence-electron chi connectivity index (χ0n) is 17.3. The van der Waals surface area contributed by atoms with Crippen LogP contribution in [0.25, 0.3) is 0 Å². The molecule has 1 aliphatic carbocycles. The quantitative estimate of drug-likeness (QED) is 0.811. The molecule has 2 aliphatic heterocycles. The number of halogens is 1. The van der Waals surface area contributed by atoms with Gasteiger partial charge in [0.2, 0.25) is 11.8 Å². The summed E-state index contributed by atoms with van der Waals surface area (Å²) < 4.78 is 13.9. The Morgan fingerprint density at radius 3 is 2.71 bits per heavy atom. The van der Waals surface area contributed by atoms with E-state index < -0.39 is 0 Å². The number of aromatic nitrogens is 2. The Hall–Kier alpha value is -3.03. The van der Waals surface area contributed by atoms with Crippen molar-refractivity contribution in [2.45, 2.75) is 44.6 Å². The molecule has 0 unspecified atom stereocenters. The fourth-order valence-electron chi connectivity index (χ4n) is 4.56. The number of hydrogen-bond acceptors (Lipinski definition) is 4. The third-order valence-corrected chi connectivity index (χ3v) is 6.56. The lowest BCUT2D eigenvalue weighted by molar-refractivity contribution is -0.133. The van der Waals surface area contributed by atoms with E-state index in [2.05, 4.69) is 4.98 Å². The Balaban J connectivity index is 1.29. The van der Waals surface area contributed by atoms with Crippen LogP contribution in [-0.4, -0.2) is 51.2 Å². The number of nitrogens with zero attached hydrogens (tertiary/aromatic N) is 3. The number of aromatic amines is 1. The largest absolute Gasteiger partial charge is 0.342 e.